The maximum atomic E-state index is 9.63. The molecule has 0 fully saturated rings. The van der Waals surface area contributed by atoms with Crippen molar-refractivity contribution >= 4 is 15.9 Å². The van der Waals surface area contributed by atoms with Gasteiger partial charge in [-0.25, -0.2) is 0 Å². The molecular weight excluding hydrogens is 256 g/mol. The Morgan fingerprint density at radius 2 is 2.13 bits per heavy atom. The van der Waals surface area contributed by atoms with Crippen molar-refractivity contribution in [3.8, 4) is 0 Å². The summed E-state index contributed by atoms with van der Waals surface area (Å²) < 4.78 is 0. The van der Waals surface area contributed by atoms with Crippen molar-refractivity contribution in [2.24, 2.45) is 5.73 Å². The molecule has 0 amide bonds. The summed E-state index contributed by atoms with van der Waals surface area (Å²) >= 11 is 3.18. The first-order valence-corrected chi connectivity index (χ1v) is 5.58. The number of hydrogen-bond donors (Lipinski definition) is 3. The van der Waals surface area contributed by atoms with Crippen LogP contribution in [0.2, 0.25) is 0 Å². The van der Waals surface area contributed by atoms with Crippen LogP contribution in [0.15, 0.2) is 36.2 Å². The summed E-state index contributed by atoms with van der Waals surface area (Å²) in [4.78, 5) is -0.157. The van der Waals surface area contributed by atoms with Crippen molar-refractivity contribution in [2.45, 2.75) is 31.3 Å². The van der Waals surface area contributed by atoms with E-state index in [9.17, 15) is 5.11 Å². The second-order valence-corrected chi connectivity index (χ2v) is 4.92. The quantitative estimate of drug-likeness (QED) is 0.408. The summed E-state index contributed by atoms with van der Waals surface area (Å²) in [5, 5.41) is 12.6. The standard InChI is InChI=1S/C11H19BrN2O/c1-8(11(3,4)15)7-9(2)14-6-5-10(12)13/h5-7,10,14-15H,1,13H2,2-4H3/b6-5-,9-7-. The second kappa shape index (κ2) is 6.10. The third kappa shape index (κ3) is 7.36. The average molecular weight is 275 g/mol. The summed E-state index contributed by atoms with van der Waals surface area (Å²) in [6, 6.07) is 0. The molecule has 0 bridgehead atoms. The highest BCUT2D eigenvalue weighted by Gasteiger charge is 2.14. The lowest BCUT2D eigenvalue weighted by molar-refractivity contribution is 0.124. The van der Waals surface area contributed by atoms with Gasteiger partial charge in [-0.05, 0) is 44.7 Å². The van der Waals surface area contributed by atoms with Gasteiger partial charge in [0.05, 0.1) is 10.6 Å². The predicted molar refractivity (Wildman–Crippen MR) is 68.4 cm³/mol. The van der Waals surface area contributed by atoms with Crippen molar-refractivity contribution in [1.82, 2.24) is 5.32 Å². The number of halogens is 1. The number of rotatable bonds is 5. The average Bonchev–Trinajstić information content (AvgIpc) is 2.01. The van der Waals surface area contributed by atoms with E-state index in [2.05, 4.69) is 27.8 Å². The third-order valence-corrected chi connectivity index (χ3v) is 2.07. The summed E-state index contributed by atoms with van der Waals surface area (Å²) in [6.45, 7) is 9.07. The van der Waals surface area contributed by atoms with E-state index >= 15 is 0 Å². The fourth-order valence-corrected chi connectivity index (χ4v) is 0.904. The van der Waals surface area contributed by atoms with Gasteiger partial charge in [0, 0.05) is 5.70 Å². The fourth-order valence-electron chi connectivity index (χ4n) is 0.751. The lowest BCUT2D eigenvalue weighted by atomic mass is 9.99. The molecule has 0 aromatic heterocycles. The first kappa shape index (κ1) is 14.4. The van der Waals surface area contributed by atoms with E-state index in [0.29, 0.717) is 5.57 Å². The topological polar surface area (TPSA) is 58.3 Å². The number of nitrogens with one attached hydrogen (secondary N) is 1. The molecule has 0 rings (SSSR count). The third-order valence-electron chi connectivity index (χ3n) is 1.77. The molecule has 1 atom stereocenters. The number of nitrogens with two attached hydrogens (primary N) is 1. The van der Waals surface area contributed by atoms with Crippen molar-refractivity contribution in [3.63, 3.8) is 0 Å². The van der Waals surface area contributed by atoms with Gasteiger partial charge < -0.3 is 16.2 Å². The normalized spacial score (nSPS) is 15.5. The molecule has 0 aliphatic heterocycles. The van der Waals surface area contributed by atoms with Crippen LogP contribution in [0.25, 0.3) is 0 Å². The van der Waals surface area contributed by atoms with Crippen molar-refractivity contribution < 1.29 is 5.11 Å². The van der Waals surface area contributed by atoms with Crippen molar-refractivity contribution in [3.05, 3.63) is 36.2 Å². The van der Waals surface area contributed by atoms with E-state index in [1.807, 2.05) is 6.92 Å². The highest BCUT2D eigenvalue weighted by molar-refractivity contribution is 9.09. The lowest BCUT2D eigenvalue weighted by Gasteiger charge is -2.18. The summed E-state index contributed by atoms with van der Waals surface area (Å²) in [7, 11) is 0. The van der Waals surface area contributed by atoms with Crippen LogP contribution in [-0.2, 0) is 0 Å². The highest BCUT2D eigenvalue weighted by atomic mass is 79.9. The van der Waals surface area contributed by atoms with Crippen molar-refractivity contribution in [1.29, 1.82) is 0 Å². The van der Waals surface area contributed by atoms with Gasteiger partial charge in [-0.15, -0.1) is 0 Å². The number of aliphatic hydroxyl groups is 1. The maximum Gasteiger partial charge on any atom is 0.0835 e. The Labute approximate surface area is 99.9 Å². The van der Waals surface area contributed by atoms with Gasteiger partial charge in [-0.3, -0.25) is 0 Å². The van der Waals surface area contributed by atoms with Crippen molar-refractivity contribution in [2.75, 3.05) is 0 Å². The Hall–Kier alpha value is -0.580. The zero-order valence-electron chi connectivity index (χ0n) is 9.42. The van der Waals surface area contributed by atoms with E-state index in [0.717, 1.165) is 5.70 Å². The predicted octanol–water partition coefficient (Wildman–Crippen LogP) is 2.00. The van der Waals surface area contributed by atoms with E-state index in [-0.39, 0.29) is 4.95 Å². The number of alkyl halides is 1. The smallest absolute Gasteiger partial charge is 0.0835 e. The van der Waals surface area contributed by atoms with Gasteiger partial charge in [0.2, 0.25) is 0 Å². The molecule has 86 valence electrons. The first-order chi connectivity index (χ1) is 6.73. The molecule has 0 heterocycles. The molecule has 0 saturated carbocycles. The highest BCUT2D eigenvalue weighted by Crippen LogP contribution is 2.15. The molecule has 0 spiro atoms. The van der Waals surface area contributed by atoms with E-state index in [4.69, 9.17) is 5.73 Å². The largest absolute Gasteiger partial charge is 0.386 e. The van der Waals surface area contributed by atoms with Crippen LogP contribution in [0.4, 0.5) is 0 Å². The van der Waals surface area contributed by atoms with E-state index in [1.54, 1.807) is 32.2 Å². The molecule has 0 aromatic carbocycles. The molecule has 0 radical (unpaired) electrons. The summed E-state index contributed by atoms with van der Waals surface area (Å²) in [5.41, 5.74) is 6.12. The van der Waals surface area contributed by atoms with E-state index in [1.165, 1.54) is 0 Å². The zero-order chi connectivity index (χ0) is 12.1. The Morgan fingerprint density at radius 3 is 2.53 bits per heavy atom. The minimum Gasteiger partial charge on any atom is -0.386 e. The summed E-state index contributed by atoms with van der Waals surface area (Å²) in [6.07, 6.45) is 5.30. The maximum absolute atomic E-state index is 9.63. The SMILES string of the molecule is C=C(/C=C(/C)N/C=C\C(N)Br)C(C)(C)O. The monoisotopic (exact) mass is 274 g/mol. The van der Waals surface area contributed by atoms with Gasteiger partial charge in [0.25, 0.3) is 0 Å². The molecule has 0 aliphatic rings. The Balaban J connectivity index is 4.28. The molecule has 4 heteroatoms. The van der Waals surface area contributed by atoms with E-state index < -0.39 is 5.60 Å². The second-order valence-electron chi connectivity index (χ2n) is 3.86. The van der Waals surface area contributed by atoms with Crippen LogP contribution in [0.1, 0.15) is 20.8 Å². The molecule has 1 unspecified atom stereocenters. The molecule has 0 saturated heterocycles. The van der Waals surface area contributed by atoms with Crippen LogP contribution >= 0.6 is 15.9 Å². The minimum atomic E-state index is -0.890. The Kier molecular flexibility index (Phi) is 5.87. The number of allylic oxidation sites excluding steroid dienone is 1. The lowest BCUT2D eigenvalue weighted by Crippen LogP contribution is -2.20. The molecule has 0 aliphatic carbocycles. The zero-order valence-corrected chi connectivity index (χ0v) is 11.0. The van der Waals surface area contributed by atoms with Crippen LogP contribution in [0, 0.1) is 0 Å². The van der Waals surface area contributed by atoms with Gasteiger partial charge in [0.15, 0.2) is 0 Å². The molecule has 4 N–H and O–H groups in total. The molecule has 3 nitrogen and oxygen atoms in total. The Morgan fingerprint density at radius 1 is 1.60 bits per heavy atom. The molecule has 15 heavy (non-hydrogen) atoms. The van der Waals surface area contributed by atoms with Crippen LogP contribution in [-0.4, -0.2) is 15.7 Å². The van der Waals surface area contributed by atoms with Gasteiger partial charge >= 0.3 is 0 Å². The van der Waals surface area contributed by atoms with Gasteiger partial charge in [0.1, 0.15) is 0 Å². The van der Waals surface area contributed by atoms with Gasteiger partial charge in [-0.1, -0.05) is 22.5 Å². The Bertz CT molecular complexity index is 275. The molecular formula is C11H19BrN2O. The fraction of sp³-hybridized carbons (Fsp3) is 0.455. The van der Waals surface area contributed by atoms with Gasteiger partial charge in [-0.2, -0.15) is 0 Å². The first-order valence-electron chi connectivity index (χ1n) is 4.66. The minimum absolute atomic E-state index is 0.157. The van der Waals surface area contributed by atoms with Crippen LogP contribution in [0.5, 0.6) is 0 Å². The van der Waals surface area contributed by atoms with Crippen LogP contribution in [0.3, 0.4) is 0 Å². The molecule has 0 aromatic rings. The van der Waals surface area contributed by atoms with Crippen LogP contribution < -0.4 is 11.1 Å². The number of hydrogen-bond acceptors (Lipinski definition) is 3. The summed E-state index contributed by atoms with van der Waals surface area (Å²) in [5.74, 6) is 0.